The van der Waals surface area contributed by atoms with Gasteiger partial charge in [0.05, 0.1) is 11.0 Å². The lowest BCUT2D eigenvalue weighted by Crippen LogP contribution is -2.32. The highest BCUT2D eigenvalue weighted by Gasteiger charge is 2.27. The van der Waals surface area contributed by atoms with Gasteiger partial charge in [-0.25, -0.2) is 9.97 Å². The number of benzene rings is 2. The van der Waals surface area contributed by atoms with E-state index < -0.39 is 0 Å². The smallest absolute Gasteiger partial charge is 0.259 e. The Kier molecular flexibility index (Phi) is 3.84. The molecule has 25 heavy (non-hydrogen) atoms. The second-order valence-electron chi connectivity index (χ2n) is 6.46. The van der Waals surface area contributed by atoms with Crippen molar-refractivity contribution in [3.63, 3.8) is 0 Å². The topological polar surface area (TPSA) is 49.3 Å². The number of hydrogen-bond acceptors (Lipinski definition) is 4. The number of anilines is 2. The number of carbonyl (C=O) groups excluding carboxylic acids is 1. The van der Waals surface area contributed by atoms with Crippen LogP contribution in [0.1, 0.15) is 22.3 Å². The van der Waals surface area contributed by atoms with E-state index in [2.05, 4.69) is 4.90 Å². The van der Waals surface area contributed by atoms with Crippen molar-refractivity contribution in [2.24, 2.45) is 0 Å². The Balaban J connectivity index is 1.84. The molecule has 126 valence electrons. The average molecular weight is 332 g/mol. The van der Waals surface area contributed by atoms with E-state index in [1.165, 1.54) is 0 Å². The maximum atomic E-state index is 13.1. The molecule has 3 aromatic rings. The summed E-state index contributed by atoms with van der Waals surface area (Å²) in [6, 6.07) is 15.5. The Morgan fingerprint density at radius 1 is 0.920 bits per heavy atom. The molecule has 0 radical (unpaired) electrons. The summed E-state index contributed by atoms with van der Waals surface area (Å²) < 4.78 is 0. The van der Waals surface area contributed by atoms with Crippen molar-refractivity contribution in [3.8, 4) is 0 Å². The normalized spacial score (nSPS) is 14.3. The highest BCUT2D eigenvalue weighted by molar-refractivity contribution is 6.07. The molecule has 1 amide bonds. The quantitative estimate of drug-likeness (QED) is 0.685. The standard InChI is InChI=1S/C20H20N4O/c1-14-8-10-15(11-9-14)20(25)24-13-5-12-23(2)18-19(24)22-17-7-4-3-6-16(17)21-18/h3-4,6-11H,5,12-13H2,1-2H3. The van der Waals surface area contributed by atoms with Gasteiger partial charge in [-0.3, -0.25) is 9.69 Å². The van der Waals surface area contributed by atoms with Gasteiger partial charge in [-0.2, -0.15) is 0 Å². The molecular formula is C20H20N4O. The molecule has 0 fully saturated rings. The molecule has 4 rings (SSSR count). The SMILES string of the molecule is Cc1ccc(C(=O)N2CCCN(C)c3nc4ccccc4nc32)cc1. The highest BCUT2D eigenvalue weighted by Crippen LogP contribution is 2.31. The van der Waals surface area contributed by atoms with Crippen molar-refractivity contribution < 1.29 is 4.79 Å². The summed E-state index contributed by atoms with van der Waals surface area (Å²) >= 11 is 0. The van der Waals surface area contributed by atoms with Gasteiger partial charge >= 0.3 is 0 Å². The third kappa shape index (κ3) is 2.82. The van der Waals surface area contributed by atoms with E-state index in [0.29, 0.717) is 17.9 Å². The van der Waals surface area contributed by atoms with E-state index in [1.807, 2.05) is 62.5 Å². The second kappa shape index (κ2) is 6.16. The van der Waals surface area contributed by atoms with Gasteiger partial charge in [0, 0.05) is 25.7 Å². The van der Waals surface area contributed by atoms with Crippen LogP contribution in [-0.2, 0) is 0 Å². The lowest BCUT2D eigenvalue weighted by molar-refractivity contribution is 0.0986. The number of amides is 1. The predicted molar refractivity (Wildman–Crippen MR) is 100 cm³/mol. The first-order valence-electron chi connectivity index (χ1n) is 8.50. The molecule has 2 aromatic carbocycles. The fourth-order valence-corrected chi connectivity index (χ4v) is 3.15. The molecule has 0 atom stereocenters. The van der Waals surface area contributed by atoms with E-state index in [-0.39, 0.29) is 5.91 Å². The molecule has 0 spiro atoms. The zero-order valence-electron chi connectivity index (χ0n) is 14.4. The van der Waals surface area contributed by atoms with Crippen molar-refractivity contribution in [3.05, 3.63) is 59.7 Å². The van der Waals surface area contributed by atoms with Crippen molar-refractivity contribution in [2.45, 2.75) is 13.3 Å². The summed E-state index contributed by atoms with van der Waals surface area (Å²) in [5, 5.41) is 0. The third-order valence-corrected chi connectivity index (χ3v) is 4.57. The summed E-state index contributed by atoms with van der Waals surface area (Å²) in [5.41, 5.74) is 3.46. The molecule has 0 saturated carbocycles. The first-order valence-corrected chi connectivity index (χ1v) is 8.50. The second-order valence-corrected chi connectivity index (χ2v) is 6.46. The van der Waals surface area contributed by atoms with Gasteiger partial charge in [0.25, 0.3) is 5.91 Å². The van der Waals surface area contributed by atoms with Gasteiger partial charge in [-0.15, -0.1) is 0 Å². The Labute approximate surface area is 146 Å². The molecular weight excluding hydrogens is 312 g/mol. The average Bonchev–Trinajstić information content (AvgIpc) is 2.79. The van der Waals surface area contributed by atoms with Crippen molar-refractivity contribution in [2.75, 3.05) is 29.9 Å². The maximum Gasteiger partial charge on any atom is 0.259 e. The first-order chi connectivity index (χ1) is 12.1. The Morgan fingerprint density at radius 2 is 1.56 bits per heavy atom. The van der Waals surface area contributed by atoms with Crippen molar-refractivity contribution in [1.29, 1.82) is 0 Å². The van der Waals surface area contributed by atoms with Gasteiger partial charge in [0.15, 0.2) is 11.6 Å². The molecule has 0 N–H and O–H groups in total. The van der Waals surface area contributed by atoms with Crippen LogP contribution in [0.4, 0.5) is 11.6 Å². The number of rotatable bonds is 1. The van der Waals surface area contributed by atoms with E-state index in [4.69, 9.17) is 9.97 Å². The van der Waals surface area contributed by atoms with E-state index in [1.54, 1.807) is 4.90 Å². The van der Waals surface area contributed by atoms with Crippen LogP contribution in [0.2, 0.25) is 0 Å². The first kappa shape index (κ1) is 15.6. The van der Waals surface area contributed by atoms with E-state index in [0.717, 1.165) is 35.4 Å². The molecule has 1 aliphatic rings. The summed E-state index contributed by atoms with van der Waals surface area (Å²) in [7, 11) is 2.00. The minimum atomic E-state index is -0.0267. The molecule has 5 heteroatoms. The molecule has 0 saturated heterocycles. The number of para-hydroxylation sites is 2. The van der Waals surface area contributed by atoms with Crippen LogP contribution in [0.5, 0.6) is 0 Å². The zero-order chi connectivity index (χ0) is 17.4. The van der Waals surface area contributed by atoms with Crippen LogP contribution in [0, 0.1) is 6.92 Å². The van der Waals surface area contributed by atoms with Crippen LogP contribution in [0.15, 0.2) is 48.5 Å². The number of carbonyl (C=O) groups is 1. The predicted octanol–water partition coefficient (Wildman–Crippen LogP) is 3.42. The van der Waals surface area contributed by atoms with Crippen LogP contribution in [-0.4, -0.2) is 36.0 Å². The number of aromatic nitrogens is 2. The zero-order valence-corrected chi connectivity index (χ0v) is 14.4. The van der Waals surface area contributed by atoms with E-state index >= 15 is 0 Å². The van der Waals surface area contributed by atoms with Gasteiger partial charge in [0.1, 0.15) is 0 Å². The number of hydrogen-bond donors (Lipinski definition) is 0. The van der Waals surface area contributed by atoms with Gasteiger partial charge in [-0.05, 0) is 37.6 Å². The molecule has 5 nitrogen and oxygen atoms in total. The minimum absolute atomic E-state index is 0.0267. The Hall–Kier alpha value is -2.95. The van der Waals surface area contributed by atoms with Crippen LogP contribution >= 0.6 is 0 Å². The molecule has 0 aliphatic carbocycles. The Bertz CT molecular complexity index is 936. The minimum Gasteiger partial charge on any atom is -0.357 e. The lowest BCUT2D eigenvalue weighted by Gasteiger charge is -2.23. The van der Waals surface area contributed by atoms with Crippen LogP contribution < -0.4 is 9.80 Å². The van der Waals surface area contributed by atoms with Gasteiger partial charge < -0.3 is 4.90 Å². The fourth-order valence-electron chi connectivity index (χ4n) is 3.15. The van der Waals surface area contributed by atoms with E-state index in [9.17, 15) is 4.79 Å². The van der Waals surface area contributed by atoms with Gasteiger partial charge in [-0.1, -0.05) is 29.8 Å². The summed E-state index contributed by atoms with van der Waals surface area (Å²) in [6.45, 7) is 3.50. The highest BCUT2D eigenvalue weighted by atomic mass is 16.2. The maximum absolute atomic E-state index is 13.1. The monoisotopic (exact) mass is 332 g/mol. The molecule has 1 aromatic heterocycles. The molecule has 0 unspecified atom stereocenters. The number of nitrogens with zero attached hydrogens (tertiary/aromatic N) is 4. The number of aryl methyl sites for hydroxylation is 1. The van der Waals surface area contributed by atoms with Crippen molar-refractivity contribution >= 4 is 28.6 Å². The van der Waals surface area contributed by atoms with Crippen LogP contribution in [0.3, 0.4) is 0 Å². The summed E-state index contributed by atoms with van der Waals surface area (Å²) in [4.78, 5) is 26.5. The third-order valence-electron chi connectivity index (χ3n) is 4.57. The fraction of sp³-hybridized carbons (Fsp3) is 0.250. The van der Waals surface area contributed by atoms with Crippen molar-refractivity contribution in [1.82, 2.24) is 9.97 Å². The molecule has 1 aliphatic heterocycles. The van der Waals surface area contributed by atoms with Gasteiger partial charge in [0.2, 0.25) is 0 Å². The largest absolute Gasteiger partial charge is 0.357 e. The summed E-state index contributed by atoms with van der Waals surface area (Å²) in [6.07, 6.45) is 0.877. The lowest BCUT2D eigenvalue weighted by atomic mass is 10.1. The molecule has 0 bridgehead atoms. The molecule has 2 heterocycles. The van der Waals surface area contributed by atoms with Crippen LogP contribution in [0.25, 0.3) is 11.0 Å². The number of fused-ring (bicyclic) bond motifs is 2. The summed E-state index contributed by atoms with van der Waals surface area (Å²) in [5.74, 6) is 1.38. The Morgan fingerprint density at radius 3 is 2.24 bits per heavy atom.